The van der Waals surface area contributed by atoms with Crippen LogP contribution in [-0.4, -0.2) is 0 Å². The monoisotopic (exact) mass is 334 g/mol. The Kier molecular flexibility index (Phi) is 2.64. The first kappa shape index (κ1) is 13.7. The number of benzene rings is 4. The van der Waals surface area contributed by atoms with Crippen LogP contribution in [0.4, 0.5) is 0 Å². The molecule has 0 unspecified atom stereocenters. The van der Waals surface area contributed by atoms with Gasteiger partial charge < -0.3 is 8.83 Å². The van der Waals surface area contributed by atoms with Gasteiger partial charge in [0.25, 0.3) is 0 Å². The quantitative estimate of drug-likeness (QED) is 0.319. The molecule has 0 saturated carbocycles. The topological polar surface area (TPSA) is 26.3 Å². The molecular formula is C24H14O2. The molecule has 0 fully saturated rings. The molecule has 0 atom stereocenters. The third-order valence-corrected chi connectivity index (χ3v) is 5.10. The maximum Gasteiger partial charge on any atom is 0.143 e. The van der Waals surface area contributed by atoms with Gasteiger partial charge in [0.1, 0.15) is 22.3 Å². The molecule has 6 aromatic rings. The van der Waals surface area contributed by atoms with Gasteiger partial charge in [0, 0.05) is 27.1 Å². The highest BCUT2D eigenvalue weighted by Crippen LogP contribution is 2.41. The van der Waals surface area contributed by atoms with Crippen LogP contribution in [-0.2, 0) is 0 Å². The van der Waals surface area contributed by atoms with Gasteiger partial charge in [-0.15, -0.1) is 0 Å². The van der Waals surface area contributed by atoms with Gasteiger partial charge in [-0.1, -0.05) is 66.7 Å². The molecule has 0 N–H and O–H groups in total. The van der Waals surface area contributed by atoms with Crippen LogP contribution in [0, 0.1) is 0 Å². The van der Waals surface area contributed by atoms with Crippen molar-refractivity contribution < 1.29 is 8.83 Å². The summed E-state index contributed by atoms with van der Waals surface area (Å²) < 4.78 is 12.3. The molecule has 122 valence electrons. The van der Waals surface area contributed by atoms with Crippen molar-refractivity contribution in [2.45, 2.75) is 0 Å². The predicted molar refractivity (Wildman–Crippen MR) is 106 cm³/mol. The minimum absolute atomic E-state index is 0.900. The van der Waals surface area contributed by atoms with Crippen molar-refractivity contribution in [3.05, 3.63) is 84.9 Å². The summed E-state index contributed by atoms with van der Waals surface area (Å²) in [5, 5.41) is 4.55. The highest BCUT2D eigenvalue weighted by molar-refractivity contribution is 6.17. The largest absolute Gasteiger partial charge is 0.456 e. The molecule has 26 heavy (non-hydrogen) atoms. The number of hydrogen-bond donors (Lipinski definition) is 0. The van der Waals surface area contributed by atoms with Crippen molar-refractivity contribution in [1.82, 2.24) is 0 Å². The van der Waals surface area contributed by atoms with Crippen LogP contribution in [0.15, 0.2) is 93.8 Å². The zero-order valence-corrected chi connectivity index (χ0v) is 13.9. The average molecular weight is 334 g/mol. The Hall–Kier alpha value is -3.52. The molecule has 0 bridgehead atoms. The van der Waals surface area contributed by atoms with Gasteiger partial charge in [0.05, 0.1) is 0 Å². The standard InChI is InChI=1S/C24H14O2/c1-3-12-20-15(7-1)17-10-5-11-18(24(17)26-20)16-9-6-14-22-23(16)19-8-2-4-13-21(19)25-22/h1-14H. The van der Waals surface area contributed by atoms with E-state index in [1.807, 2.05) is 42.5 Å². The second kappa shape index (κ2) is 4.99. The molecule has 2 heterocycles. The first-order valence-corrected chi connectivity index (χ1v) is 8.71. The van der Waals surface area contributed by atoms with E-state index in [1.54, 1.807) is 0 Å². The Bertz CT molecular complexity index is 1430. The summed E-state index contributed by atoms with van der Waals surface area (Å²) in [6.45, 7) is 0. The Morgan fingerprint density at radius 1 is 0.423 bits per heavy atom. The Labute approximate surface area is 149 Å². The fourth-order valence-corrected chi connectivity index (χ4v) is 3.96. The van der Waals surface area contributed by atoms with E-state index in [0.717, 1.165) is 55.0 Å². The highest BCUT2D eigenvalue weighted by atomic mass is 16.3. The Balaban J connectivity index is 1.79. The van der Waals surface area contributed by atoms with E-state index in [9.17, 15) is 0 Å². The van der Waals surface area contributed by atoms with E-state index in [-0.39, 0.29) is 0 Å². The number of rotatable bonds is 1. The SMILES string of the molecule is c1ccc2c(c1)oc1c(-c3cccc4oc5ccccc5c34)cccc12. The minimum atomic E-state index is 0.900. The smallest absolute Gasteiger partial charge is 0.143 e. The van der Waals surface area contributed by atoms with Crippen molar-refractivity contribution in [2.75, 3.05) is 0 Å². The molecule has 0 aliphatic carbocycles. The third-order valence-electron chi connectivity index (χ3n) is 5.10. The summed E-state index contributed by atoms with van der Waals surface area (Å²) in [6, 6.07) is 28.9. The average Bonchev–Trinajstić information content (AvgIpc) is 3.26. The van der Waals surface area contributed by atoms with Crippen LogP contribution in [0.5, 0.6) is 0 Å². The molecule has 0 saturated heterocycles. The Morgan fingerprint density at radius 3 is 1.92 bits per heavy atom. The van der Waals surface area contributed by atoms with Crippen LogP contribution in [0.1, 0.15) is 0 Å². The van der Waals surface area contributed by atoms with Crippen LogP contribution < -0.4 is 0 Å². The lowest BCUT2D eigenvalue weighted by Gasteiger charge is -2.05. The summed E-state index contributed by atoms with van der Waals surface area (Å²) in [4.78, 5) is 0. The van der Waals surface area contributed by atoms with Crippen LogP contribution >= 0.6 is 0 Å². The fourth-order valence-electron chi connectivity index (χ4n) is 3.96. The molecule has 0 spiro atoms. The fraction of sp³-hybridized carbons (Fsp3) is 0. The zero-order valence-electron chi connectivity index (χ0n) is 13.9. The van der Waals surface area contributed by atoms with Gasteiger partial charge >= 0.3 is 0 Å². The van der Waals surface area contributed by atoms with E-state index >= 15 is 0 Å². The molecule has 6 rings (SSSR count). The van der Waals surface area contributed by atoms with E-state index in [1.165, 1.54) is 0 Å². The van der Waals surface area contributed by atoms with Crippen molar-refractivity contribution in [2.24, 2.45) is 0 Å². The van der Waals surface area contributed by atoms with Gasteiger partial charge in [-0.25, -0.2) is 0 Å². The van der Waals surface area contributed by atoms with Crippen molar-refractivity contribution in [3.8, 4) is 11.1 Å². The molecule has 2 nitrogen and oxygen atoms in total. The van der Waals surface area contributed by atoms with Crippen LogP contribution in [0.25, 0.3) is 55.0 Å². The first-order chi connectivity index (χ1) is 12.9. The predicted octanol–water partition coefficient (Wildman–Crippen LogP) is 7.15. The summed E-state index contributed by atoms with van der Waals surface area (Å²) in [5.41, 5.74) is 5.88. The lowest BCUT2D eigenvalue weighted by atomic mass is 9.97. The number of hydrogen-bond acceptors (Lipinski definition) is 2. The van der Waals surface area contributed by atoms with Crippen LogP contribution in [0.2, 0.25) is 0 Å². The summed E-state index contributed by atoms with van der Waals surface area (Å²) in [5.74, 6) is 0. The minimum Gasteiger partial charge on any atom is -0.456 e. The number of fused-ring (bicyclic) bond motifs is 6. The Morgan fingerprint density at radius 2 is 1.04 bits per heavy atom. The van der Waals surface area contributed by atoms with E-state index in [4.69, 9.17) is 8.83 Å². The molecule has 0 radical (unpaired) electrons. The number of para-hydroxylation sites is 3. The lowest BCUT2D eigenvalue weighted by Crippen LogP contribution is -1.80. The number of furan rings is 2. The molecule has 2 aromatic heterocycles. The van der Waals surface area contributed by atoms with Crippen LogP contribution in [0.3, 0.4) is 0 Å². The highest BCUT2D eigenvalue weighted by Gasteiger charge is 2.16. The van der Waals surface area contributed by atoms with Gasteiger partial charge in [-0.3, -0.25) is 0 Å². The van der Waals surface area contributed by atoms with Crippen molar-refractivity contribution in [1.29, 1.82) is 0 Å². The molecule has 0 aliphatic rings. The van der Waals surface area contributed by atoms with Crippen molar-refractivity contribution >= 4 is 43.9 Å². The molecule has 0 aliphatic heterocycles. The van der Waals surface area contributed by atoms with Crippen molar-refractivity contribution in [3.63, 3.8) is 0 Å². The molecular weight excluding hydrogens is 320 g/mol. The second-order valence-corrected chi connectivity index (χ2v) is 6.56. The van der Waals surface area contributed by atoms with Gasteiger partial charge in [0.15, 0.2) is 0 Å². The first-order valence-electron chi connectivity index (χ1n) is 8.71. The summed E-state index contributed by atoms with van der Waals surface area (Å²) in [7, 11) is 0. The van der Waals surface area contributed by atoms with E-state index in [2.05, 4.69) is 42.5 Å². The van der Waals surface area contributed by atoms with Gasteiger partial charge in [0.2, 0.25) is 0 Å². The maximum atomic E-state index is 6.24. The van der Waals surface area contributed by atoms with Gasteiger partial charge in [-0.05, 0) is 23.8 Å². The maximum absolute atomic E-state index is 6.24. The third kappa shape index (κ3) is 1.76. The van der Waals surface area contributed by atoms with E-state index in [0.29, 0.717) is 0 Å². The zero-order chi connectivity index (χ0) is 17.1. The lowest BCUT2D eigenvalue weighted by molar-refractivity contribution is 0.668. The molecule has 4 aromatic carbocycles. The second-order valence-electron chi connectivity index (χ2n) is 6.56. The van der Waals surface area contributed by atoms with Gasteiger partial charge in [-0.2, -0.15) is 0 Å². The summed E-state index contributed by atoms with van der Waals surface area (Å²) in [6.07, 6.45) is 0. The normalized spacial score (nSPS) is 11.8. The molecule has 0 amide bonds. The van der Waals surface area contributed by atoms with E-state index < -0.39 is 0 Å². The summed E-state index contributed by atoms with van der Waals surface area (Å²) >= 11 is 0. The molecule has 2 heteroatoms.